The van der Waals surface area contributed by atoms with Crippen molar-refractivity contribution in [1.82, 2.24) is 0 Å². The van der Waals surface area contributed by atoms with Crippen LogP contribution in [0.2, 0.25) is 0 Å². The average molecular weight is 576 g/mol. The van der Waals surface area contributed by atoms with Crippen molar-refractivity contribution in [2.24, 2.45) is 5.73 Å². The minimum Gasteiger partial charge on any atom is -0.396 e. The zero-order chi connectivity index (χ0) is 30.1. The van der Waals surface area contributed by atoms with Crippen molar-refractivity contribution in [1.29, 1.82) is 0 Å². The number of aliphatic hydroxyl groups excluding tert-OH is 4. The summed E-state index contributed by atoms with van der Waals surface area (Å²) in [4.78, 5) is 10.7. The molecular formula is C33H69NO6. The van der Waals surface area contributed by atoms with Crippen LogP contribution in [-0.4, -0.2) is 58.0 Å². The Labute approximate surface area is 247 Å². The van der Waals surface area contributed by atoms with Gasteiger partial charge in [-0.1, -0.05) is 149 Å². The van der Waals surface area contributed by atoms with Gasteiger partial charge in [0, 0.05) is 13.2 Å². The lowest BCUT2D eigenvalue weighted by atomic mass is 10.0. The molecule has 0 saturated heterocycles. The number of hydrogen-bond acceptors (Lipinski definition) is 6. The van der Waals surface area contributed by atoms with Crippen LogP contribution >= 0.6 is 0 Å². The van der Waals surface area contributed by atoms with Gasteiger partial charge in [-0.2, -0.15) is 0 Å². The maximum atomic E-state index is 10.7. The van der Waals surface area contributed by atoms with E-state index in [1.54, 1.807) is 0 Å². The average Bonchev–Trinajstić information content (AvgIpc) is 2.95. The molecule has 3 atom stereocenters. The van der Waals surface area contributed by atoms with Crippen LogP contribution < -0.4 is 5.73 Å². The van der Waals surface area contributed by atoms with Gasteiger partial charge in [0.2, 0.25) is 5.91 Å². The SMILES string of the molecule is CCCCCCCCCCCCCCOC(O)CC.NC(=O)C(O)C(O)CCCCCCCCCCCCCO. The maximum absolute atomic E-state index is 10.7. The van der Waals surface area contributed by atoms with Gasteiger partial charge in [0.05, 0.1) is 6.10 Å². The summed E-state index contributed by atoms with van der Waals surface area (Å²) in [5, 5.41) is 36.6. The van der Waals surface area contributed by atoms with Crippen molar-refractivity contribution in [3.05, 3.63) is 0 Å². The van der Waals surface area contributed by atoms with E-state index >= 15 is 0 Å². The second kappa shape index (κ2) is 34.5. The molecule has 6 N–H and O–H groups in total. The molecular weight excluding hydrogens is 506 g/mol. The summed E-state index contributed by atoms with van der Waals surface area (Å²) in [6, 6.07) is 0. The summed E-state index contributed by atoms with van der Waals surface area (Å²) in [6.07, 6.45) is 26.9. The maximum Gasteiger partial charge on any atom is 0.248 e. The number of unbranched alkanes of at least 4 members (excludes halogenated alkanes) is 21. The van der Waals surface area contributed by atoms with Crippen LogP contribution in [0.3, 0.4) is 0 Å². The highest BCUT2D eigenvalue weighted by molar-refractivity contribution is 5.79. The summed E-state index contributed by atoms with van der Waals surface area (Å²) < 4.78 is 5.24. The van der Waals surface area contributed by atoms with Crippen molar-refractivity contribution in [3.8, 4) is 0 Å². The zero-order valence-electron chi connectivity index (χ0n) is 26.5. The molecule has 0 bridgehead atoms. The van der Waals surface area contributed by atoms with Gasteiger partial charge in [0.25, 0.3) is 0 Å². The summed E-state index contributed by atoms with van der Waals surface area (Å²) >= 11 is 0. The Morgan fingerprint density at radius 2 is 0.975 bits per heavy atom. The van der Waals surface area contributed by atoms with Gasteiger partial charge >= 0.3 is 0 Å². The van der Waals surface area contributed by atoms with Crippen molar-refractivity contribution in [2.75, 3.05) is 13.2 Å². The number of nitrogens with two attached hydrogens (primary N) is 1. The molecule has 3 unspecified atom stereocenters. The minimum atomic E-state index is -1.43. The van der Waals surface area contributed by atoms with Gasteiger partial charge < -0.3 is 30.9 Å². The van der Waals surface area contributed by atoms with Gasteiger partial charge in [0.15, 0.2) is 12.4 Å². The van der Waals surface area contributed by atoms with Gasteiger partial charge in [-0.05, 0) is 25.7 Å². The first-order valence-electron chi connectivity index (χ1n) is 17.0. The third kappa shape index (κ3) is 33.5. The molecule has 0 radical (unpaired) electrons. The largest absolute Gasteiger partial charge is 0.396 e. The van der Waals surface area contributed by atoms with E-state index in [0.717, 1.165) is 38.5 Å². The van der Waals surface area contributed by atoms with E-state index in [9.17, 15) is 20.1 Å². The number of ether oxygens (including phenoxy) is 1. The minimum absolute atomic E-state index is 0.311. The first kappa shape index (κ1) is 41.4. The summed E-state index contributed by atoms with van der Waals surface area (Å²) in [7, 11) is 0. The van der Waals surface area contributed by atoms with Crippen molar-refractivity contribution in [2.45, 2.75) is 193 Å². The monoisotopic (exact) mass is 576 g/mol. The van der Waals surface area contributed by atoms with Crippen LogP contribution in [0.4, 0.5) is 0 Å². The molecule has 0 spiro atoms. The molecule has 0 aliphatic carbocycles. The quantitative estimate of drug-likeness (QED) is 0.0451. The molecule has 242 valence electrons. The van der Waals surface area contributed by atoms with Crippen LogP contribution in [0, 0.1) is 0 Å². The van der Waals surface area contributed by atoms with Crippen LogP contribution in [0.15, 0.2) is 0 Å². The molecule has 1 amide bonds. The van der Waals surface area contributed by atoms with E-state index in [0.29, 0.717) is 26.1 Å². The second-order valence-corrected chi connectivity index (χ2v) is 11.4. The molecule has 0 aromatic carbocycles. The first-order valence-corrected chi connectivity index (χ1v) is 17.0. The van der Waals surface area contributed by atoms with Crippen molar-refractivity contribution in [3.63, 3.8) is 0 Å². The van der Waals surface area contributed by atoms with Gasteiger partial charge in [-0.25, -0.2) is 0 Å². The third-order valence-electron chi connectivity index (χ3n) is 7.47. The predicted octanol–water partition coefficient (Wildman–Crippen LogP) is 7.30. The number of aliphatic hydroxyl groups is 4. The van der Waals surface area contributed by atoms with Crippen molar-refractivity contribution < 1.29 is 30.0 Å². The first-order chi connectivity index (χ1) is 19.4. The summed E-state index contributed by atoms with van der Waals surface area (Å²) in [6.45, 7) is 5.23. The summed E-state index contributed by atoms with van der Waals surface area (Å²) in [5.74, 6) is -0.860. The molecule has 0 rings (SSSR count). The third-order valence-corrected chi connectivity index (χ3v) is 7.47. The normalized spacial score (nSPS) is 13.4. The topological polar surface area (TPSA) is 133 Å². The molecule has 40 heavy (non-hydrogen) atoms. The van der Waals surface area contributed by atoms with E-state index in [4.69, 9.17) is 15.6 Å². The highest BCUT2D eigenvalue weighted by Crippen LogP contribution is 2.14. The Bertz CT molecular complexity index is 494. The lowest BCUT2D eigenvalue weighted by Gasteiger charge is -2.14. The Morgan fingerprint density at radius 1 is 0.600 bits per heavy atom. The molecule has 0 saturated carbocycles. The fourth-order valence-corrected chi connectivity index (χ4v) is 4.68. The van der Waals surface area contributed by atoms with Crippen LogP contribution in [0.1, 0.15) is 174 Å². The number of primary amides is 1. The molecule has 0 aromatic rings. The van der Waals surface area contributed by atoms with Gasteiger partial charge in [-0.15, -0.1) is 0 Å². The molecule has 7 heteroatoms. The lowest BCUT2D eigenvalue weighted by molar-refractivity contribution is -0.131. The standard InChI is InChI=1S/C17H36O2.C16H33NO4/c1-3-5-6-7-8-9-10-11-12-13-14-15-16-19-17(18)4-2;17-16(21)15(20)14(19)12-10-8-6-4-2-1-3-5-7-9-11-13-18/h17-18H,3-16H2,1-2H3;14-15,18-20H,1-13H2,(H2,17,21). The molecule has 0 aromatic heterocycles. The second-order valence-electron chi connectivity index (χ2n) is 11.4. The highest BCUT2D eigenvalue weighted by Gasteiger charge is 2.20. The zero-order valence-corrected chi connectivity index (χ0v) is 26.5. The predicted molar refractivity (Wildman–Crippen MR) is 167 cm³/mol. The van der Waals surface area contributed by atoms with Gasteiger partial charge in [-0.3, -0.25) is 4.79 Å². The number of amides is 1. The molecule has 0 heterocycles. The van der Waals surface area contributed by atoms with Crippen LogP contribution in [0.25, 0.3) is 0 Å². The van der Waals surface area contributed by atoms with E-state index in [-0.39, 0.29) is 0 Å². The molecule has 0 fully saturated rings. The van der Waals surface area contributed by atoms with Crippen LogP contribution in [-0.2, 0) is 9.53 Å². The molecule has 0 aliphatic heterocycles. The van der Waals surface area contributed by atoms with E-state index < -0.39 is 24.4 Å². The fourth-order valence-electron chi connectivity index (χ4n) is 4.68. The Hall–Kier alpha value is -0.730. The Morgan fingerprint density at radius 3 is 1.35 bits per heavy atom. The number of carbonyl (C=O) groups is 1. The highest BCUT2D eigenvalue weighted by atomic mass is 16.6. The van der Waals surface area contributed by atoms with Gasteiger partial charge in [0.1, 0.15) is 0 Å². The number of carbonyl (C=O) groups excluding carboxylic acids is 1. The summed E-state index contributed by atoms with van der Waals surface area (Å²) in [5.41, 5.74) is 4.91. The Balaban J connectivity index is 0. The number of hydrogen-bond donors (Lipinski definition) is 5. The van der Waals surface area contributed by atoms with E-state index in [1.165, 1.54) is 109 Å². The molecule has 0 aliphatic rings. The van der Waals surface area contributed by atoms with Crippen molar-refractivity contribution >= 4 is 5.91 Å². The molecule has 7 nitrogen and oxygen atoms in total. The van der Waals surface area contributed by atoms with Crippen LogP contribution in [0.5, 0.6) is 0 Å². The van der Waals surface area contributed by atoms with E-state index in [1.807, 2.05) is 6.92 Å². The lowest BCUT2D eigenvalue weighted by Crippen LogP contribution is -2.38. The fraction of sp³-hybridized carbons (Fsp3) is 0.970. The Kier molecular flexibility index (Phi) is 35.7. The number of rotatable bonds is 30. The van der Waals surface area contributed by atoms with E-state index in [2.05, 4.69) is 6.92 Å². The smallest absolute Gasteiger partial charge is 0.248 e.